The number of hydrogen-bond donors (Lipinski definition) is 2. The van der Waals surface area contributed by atoms with E-state index in [0.29, 0.717) is 18.0 Å². The first kappa shape index (κ1) is 18.7. The number of piperidine rings is 1. The first-order chi connectivity index (χ1) is 13.7. The summed E-state index contributed by atoms with van der Waals surface area (Å²) in [5.41, 5.74) is 1.62. The quantitative estimate of drug-likeness (QED) is 0.788. The maximum absolute atomic E-state index is 13.2. The number of halogens is 1. The Labute approximate surface area is 164 Å². The minimum atomic E-state index is -0.326. The molecule has 1 aliphatic heterocycles. The van der Waals surface area contributed by atoms with Gasteiger partial charge in [-0.15, -0.1) is 0 Å². The number of amides is 2. The molecule has 4 rings (SSSR count). The zero-order valence-electron chi connectivity index (χ0n) is 15.9. The van der Waals surface area contributed by atoms with Gasteiger partial charge in [-0.1, -0.05) is 18.2 Å². The van der Waals surface area contributed by atoms with Crippen molar-refractivity contribution >= 4 is 11.7 Å². The van der Waals surface area contributed by atoms with E-state index in [-0.39, 0.29) is 17.9 Å². The van der Waals surface area contributed by atoms with Crippen molar-refractivity contribution in [3.05, 3.63) is 59.9 Å². The summed E-state index contributed by atoms with van der Waals surface area (Å²) in [6, 6.07) is 14.4. The van der Waals surface area contributed by atoms with Crippen LogP contribution in [0.5, 0.6) is 5.75 Å². The fourth-order valence-corrected chi connectivity index (χ4v) is 3.66. The summed E-state index contributed by atoms with van der Waals surface area (Å²) in [7, 11) is 0. The Hall–Kier alpha value is -2.60. The van der Waals surface area contributed by atoms with Crippen molar-refractivity contribution in [1.29, 1.82) is 0 Å². The van der Waals surface area contributed by atoms with Gasteiger partial charge in [-0.05, 0) is 55.5 Å². The van der Waals surface area contributed by atoms with E-state index < -0.39 is 0 Å². The standard InChI is InChI=1S/C22H26FN3O2/c23-17-4-2-6-21(14-17)28-15-16-3-1-5-19(13-16)25-22(27)24-18-9-11-26(12-10-18)20-7-8-20/h1-6,13-14,18,20H,7-12,15H2,(H2,24,25,27). The summed E-state index contributed by atoms with van der Waals surface area (Å²) in [4.78, 5) is 14.9. The van der Waals surface area contributed by atoms with E-state index in [1.165, 1.54) is 25.0 Å². The van der Waals surface area contributed by atoms with E-state index in [1.807, 2.05) is 24.3 Å². The molecule has 1 aliphatic carbocycles. The molecule has 1 heterocycles. The van der Waals surface area contributed by atoms with Gasteiger partial charge in [-0.2, -0.15) is 0 Å². The molecule has 1 saturated heterocycles. The first-order valence-corrected chi connectivity index (χ1v) is 9.94. The summed E-state index contributed by atoms with van der Waals surface area (Å²) in [5.74, 6) is 0.154. The van der Waals surface area contributed by atoms with E-state index in [1.54, 1.807) is 12.1 Å². The number of benzene rings is 2. The first-order valence-electron chi connectivity index (χ1n) is 9.94. The Morgan fingerprint density at radius 1 is 1.07 bits per heavy atom. The summed E-state index contributed by atoms with van der Waals surface area (Å²) in [5, 5.41) is 5.99. The molecule has 2 N–H and O–H groups in total. The van der Waals surface area contributed by atoms with Crippen molar-refractivity contribution in [2.45, 2.75) is 44.4 Å². The molecule has 2 aromatic rings. The predicted molar refractivity (Wildman–Crippen MR) is 107 cm³/mol. The smallest absolute Gasteiger partial charge is 0.319 e. The molecule has 0 bridgehead atoms. The van der Waals surface area contributed by atoms with Gasteiger partial charge in [0.25, 0.3) is 0 Å². The predicted octanol–water partition coefficient (Wildman–Crippen LogP) is 4.15. The van der Waals surface area contributed by atoms with Crippen LogP contribution in [0.3, 0.4) is 0 Å². The summed E-state index contributed by atoms with van der Waals surface area (Å²) in [6.07, 6.45) is 4.67. The van der Waals surface area contributed by atoms with E-state index in [2.05, 4.69) is 15.5 Å². The molecular weight excluding hydrogens is 357 g/mol. The van der Waals surface area contributed by atoms with Gasteiger partial charge < -0.3 is 20.3 Å². The molecule has 1 saturated carbocycles. The number of nitrogens with one attached hydrogen (secondary N) is 2. The van der Waals surface area contributed by atoms with Gasteiger partial charge in [-0.25, -0.2) is 9.18 Å². The zero-order chi connectivity index (χ0) is 19.3. The van der Waals surface area contributed by atoms with Crippen LogP contribution in [0.4, 0.5) is 14.9 Å². The van der Waals surface area contributed by atoms with Gasteiger partial charge in [-0.3, -0.25) is 0 Å². The number of anilines is 1. The number of urea groups is 1. The Morgan fingerprint density at radius 3 is 2.61 bits per heavy atom. The molecule has 2 aliphatic rings. The normalized spacial score (nSPS) is 17.9. The van der Waals surface area contributed by atoms with Crippen LogP contribution in [0.15, 0.2) is 48.5 Å². The van der Waals surface area contributed by atoms with E-state index in [9.17, 15) is 9.18 Å². The molecular formula is C22H26FN3O2. The Bertz CT molecular complexity index is 817. The number of ether oxygens (including phenoxy) is 1. The molecule has 148 valence electrons. The maximum atomic E-state index is 13.2. The summed E-state index contributed by atoms with van der Waals surface area (Å²) >= 11 is 0. The van der Waals surface area contributed by atoms with Crippen molar-refractivity contribution in [3.8, 4) is 5.75 Å². The molecule has 0 atom stereocenters. The lowest BCUT2D eigenvalue weighted by Gasteiger charge is -2.32. The van der Waals surface area contributed by atoms with Gasteiger partial charge in [0.15, 0.2) is 0 Å². The van der Waals surface area contributed by atoms with Gasteiger partial charge in [0.05, 0.1) is 0 Å². The number of likely N-dealkylation sites (tertiary alicyclic amines) is 1. The lowest BCUT2D eigenvalue weighted by atomic mass is 10.1. The second-order valence-electron chi connectivity index (χ2n) is 7.59. The lowest BCUT2D eigenvalue weighted by Crippen LogP contribution is -2.46. The monoisotopic (exact) mass is 383 g/mol. The number of carbonyl (C=O) groups is 1. The van der Waals surface area contributed by atoms with Gasteiger partial charge in [0.1, 0.15) is 18.2 Å². The highest BCUT2D eigenvalue weighted by atomic mass is 19.1. The van der Waals surface area contributed by atoms with Crippen LogP contribution in [0.1, 0.15) is 31.2 Å². The number of rotatable bonds is 6. The third-order valence-corrected chi connectivity index (χ3v) is 5.31. The third kappa shape index (κ3) is 5.23. The van der Waals surface area contributed by atoms with Gasteiger partial charge in [0, 0.05) is 36.9 Å². The molecule has 28 heavy (non-hydrogen) atoms. The topological polar surface area (TPSA) is 53.6 Å². The van der Waals surface area contributed by atoms with E-state index in [4.69, 9.17) is 4.74 Å². The highest BCUT2D eigenvalue weighted by Crippen LogP contribution is 2.29. The zero-order valence-corrected chi connectivity index (χ0v) is 15.9. The summed E-state index contributed by atoms with van der Waals surface area (Å²) in [6.45, 7) is 2.45. The van der Waals surface area contributed by atoms with Crippen molar-refractivity contribution in [3.63, 3.8) is 0 Å². The average Bonchev–Trinajstić information content (AvgIpc) is 3.53. The average molecular weight is 383 g/mol. The molecule has 0 radical (unpaired) electrons. The fraction of sp³-hybridized carbons (Fsp3) is 0.409. The molecule has 0 unspecified atom stereocenters. The lowest BCUT2D eigenvalue weighted by molar-refractivity contribution is 0.189. The van der Waals surface area contributed by atoms with Crippen LogP contribution in [0.2, 0.25) is 0 Å². The second kappa shape index (κ2) is 8.61. The Kier molecular flexibility index (Phi) is 5.76. The number of carbonyl (C=O) groups excluding carboxylic acids is 1. The van der Waals surface area contributed by atoms with Crippen LogP contribution in [-0.2, 0) is 6.61 Å². The molecule has 2 fully saturated rings. The molecule has 0 spiro atoms. The van der Waals surface area contributed by atoms with Crippen molar-refractivity contribution in [2.75, 3.05) is 18.4 Å². The highest BCUT2D eigenvalue weighted by Gasteiger charge is 2.32. The van der Waals surface area contributed by atoms with Crippen molar-refractivity contribution < 1.29 is 13.9 Å². The molecule has 6 heteroatoms. The van der Waals surface area contributed by atoms with E-state index >= 15 is 0 Å². The molecule has 2 aromatic carbocycles. The second-order valence-corrected chi connectivity index (χ2v) is 7.59. The van der Waals surface area contributed by atoms with Crippen LogP contribution in [-0.4, -0.2) is 36.1 Å². The molecule has 2 amide bonds. The molecule has 5 nitrogen and oxygen atoms in total. The fourth-order valence-electron chi connectivity index (χ4n) is 3.66. The number of nitrogens with zero attached hydrogens (tertiary/aromatic N) is 1. The van der Waals surface area contributed by atoms with Crippen LogP contribution >= 0.6 is 0 Å². The summed E-state index contributed by atoms with van der Waals surface area (Å²) < 4.78 is 18.8. The molecule has 0 aromatic heterocycles. The minimum Gasteiger partial charge on any atom is -0.489 e. The number of hydrogen-bond acceptors (Lipinski definition) is 3. The minimum absolute atomic E-state index is 0.173. The van der Waals surface area contributed by atoms with Gasteiger partial charge in [0.2, 0.25) is 0 Å². The van der Waals surface area contributed by atoms with E-state index in [0.717, 1.165) is 37.5 Å². The van der Waals surface area contributed by atoms with Crippen LogP contribution in [0.25, 0.3) is 0 Å². The van der Waals surface area contributed by atoms with Crippen LogP contribution in [0, 0.1) is 5.82 Å². The Morgan fingerprint density at radius 2 is 1.86 bits per heavy atom. The van der Waals surface area contributed by atoms with Gasteiger partial charge >= 0.3 is 6.03 Å². The van der Waals surface area contributed by atoms with Crippen molar-refractivity contribution in [2.24, 2.45) is 0 Å². The SMILES string of the molecule is O=C(Nc1cccc(COc2cccc(F)c2)c1)NC1CCN(C2CC2)CC1. The Balaban J connectivity index is 1.25. The third-order valence-electron chi connectivity index (χ3n) is 5.31. The largest absolute Gasteiger partial charge is 0.489 e. The highest BCUT2D eigenvalue weighted by molar-refractivity contribution is 5.89. The van der Waals surface area contributed by atoms with Crippen molar-refractivity contribution in [1.82, 2.24) is 10.2 Å². The maximum Gasteiger partial charge on any atom is 0.319 e. The van der Waals surface area contributed by atoms with Crippen LogP contribution < -0.4 is 15.4 Å².